The average molecular weight is 254 g/mol. The van der Waals surface area contributed by atoms with E-state index >= 15 is 0 Å². The van der Waals surface area contributed by atoms with Crippen molar-refractivity contribution in [3.05, 3.63) is 35.9 Å². The molecule has 0 fully saturated rings. The number of rotatable bonds is 7. The number of hydrogen-bond donors (Lipinski definition) is 0. The van der Waals surface area contributed by atoms with Gasteiger partial charge in [-0.1, -0.05) is 30.3 Å². The quantitative estimate of drug-likeness (QED) is 0.538. The molecule has 1 aromatic carbocycles. The van der Waals surface area contributed by atoms with E-state index in [0.717, 1.165) is 19.4 Å². The monoisotopic (exact) mass is 253 g/mol. The SMILES string of the molecule is CCN(Cc1ccccc1)C(=O)CCCCCl. The molecule has 0 aromatic heterocycles. The van der Waals surface area contributed by atoms with E-state index in [1.807, 2.05) is 30.0 Å². The number of nitrogens with zero attached hydrogens (tertiary/aromatic N) is 1. The molecule has 0 radical (unpaired) electrons. The average Bonchev–Trinajstić information content (AvgIpc) is 2.37. The Balaban J connectivity index is 2.45. The number of halogens is 1. The second-order valence-corrected chi connectivity index (χ2v) is 4.42. The minimum Gasteiger partial charge on any atom is -0.339 e. The zero-order chi connectivity index (χ0) is 12.5. The van der Waals surface area contributed by atoms with Gasteiger partial charge in [0.15, 0.2) is 0 Å². The van der Waals surface area contributed by atoms with Gasteiger partial charge in [-0.3, -0.25) is 4.79 Å². The Morgan fingerprint density at radius 2 is 1.94 bits per heavy atom. The maximum absolute atomic E-state index is 11.9. The summed E-state index contributed by atoms with van der Waals surface area (Å²) in [5, 5.41) is 0. The minimum atomic E-state index is 0.224. The summed E-state index contributed by atoms with van der Waals surface area (Å²) in [4.78, 5) is 13.8. The predicted molar refractivity (Wildman–Crippen MR) is 72.1 cm³/mol. The molecule has 0 spiro atoms. The van der Waals surface area contributed by atoms with Crippen LogP contribution in [0, 0.1) is 0 Å². The fraction of sp³-hybridized carbons (Fsp3) is 0.500. The van der Waals surface area contributed by atoms with Crippen molar-refractivity contribution in [1.29, 1.82) is 0 Å². The van der Waals surface area contributed by atoms with Crippen LogP contribution in [-0.2, 0) is 11.3 Å². The maximum atomic E-state index is 11.9. The number of carbonyl (C=O) groups is 1. The van der Waals surface area contributed by atoms with Gasteiger partial charge in [-0.15, -0.1) is 11.6 Å². The van der Waals surface area contributed by atoms with E-state index < -0.39 is 0 Å². The summed E-state index contributed by atoms with van der Waals surface area (Å²) in [6.07, 6.45) is 2.40. The molecular formula is C14H20ClNO. The minimum absolute atomic E-state index is 0.224. The summed E-state index contributed by atoms with van der Waals surface area (Å²) in [5.74, 6) is 0.861. The van der Waals surface area contributed by atoms with E-state index in [-0.39, 0.29) is 5.91 Å². The first-order valence-corrected chi connectivity index (χ1v) is 6.69. The number of unbranched alkanes of at least 4 members (excludes halogenated alkanes) is 1. The van der Waals surface area contributed by atoms with E-state index in [2.05, 4.69) is 12.1 Å². The molecule has 0 saturated heterocycles. The molecule has 0 heterocycles. The largest absolute Gasteiger partial charge is 0.339 e. The van der Waals surface area contributed by atoms with Gasteiger partial charge in [-0.05, 0) is 25.3 Å². The first-order valence-electron chi connectivity index (χ1n) is 6.15. The standard InChI is InChI=1S/C14H20ClNO/c1-2-16(14(17)10-6-7-11-15)12-13-8-4-3-5-9-13/h3-5,8-9H,2,6-7,10-12H2,1H3. The molecule has 17 heavy (non-hydrogen) atoms. The van der Waals surface area contributed by atoms with Crippen molar-refractivity contribution in [3.8, 4) is 0 Å². The van der Waals surface area contributed by atoms with Crippen molar-refractivity contribution in [2.24, 2.45) is 0 Å². The van der Waals surface area contributed by atoms with Crippen LogP contribution in [0.4, 0.5) is 0 Å². The Labute approximate surface area is 109 Å². The Hall–Kier alpha value is -1.02. The molecule has 0 unspecified atom stereocenters. The van der Waals surface area contributed by atoms with Gasteiger partial charge in [0.25, 0.3) is 0 Å². The highest BCUT2D eigenvalue weighted by atomic mass is 35.5. The smallest absolute Gasteiger partial charge is 0.222 e. The van der Waals surface area contributed by atoms with Gasteiger partial charge < -0.3 is 4.90 Å². The van der Waals surface area contributed by atoms with E-state index in [1.165, 1.54) is 5.56 Å². The van der Waals surface area contributed by atoms with Crippen LogP contribution in [0.1, 0.15) is 31.7 Å². The predicted octanol–water partition coefficient (Wildman–Crippen LogP) is 3.44. The van der Waals surface area contributed by atoms with Crippen molar-refractivity contribution in [2.75, 3.05) is 12.4 Å². The van der Waals surface area contributed by atoms with Crippen LogP contribution in [0.2, 0.25) is 0 Å². The summed E-state index contributed by atoms with van der Waals surface area (Å²) in [6, 6.07) is 10.1. The molecule has 1 rings (SSSR count). The molecule has 0 aliphatic heterocycles. The molecule has 1 amide bonds. The maximum Gasteiger partial charge on any atom is 0.222 e. The summed E-state index contributed by atoms with van der Waals surface area (Å²) in [6.45, 7) is 3.48. The van der Waals surface area contributed by atoms with Gasteiger partial charge in [0.2, 0.25) is 5.91 Å². The lowest BCUT2D eigenvalue weighted by Crippen LogP contribution is -2.30. The van der Waals surface area contributed by atoms with Crippen LogP contribution in [0.3, 0.4) is 0 Å². The molecule has 1 aromatic rings. The highest BCUT2D eigenvalue weighted by molar-refractivity contribution is 6.17. The van der Waals surface area contributed by atoms with Crippen LogP contribution in [0.25, 0.3) is 0 Å². The van der Waals surface area contributed by atoms with E-state index in [9.17, 15) is 4.79 Å². The van der Waals surface area contributed by atoms with Crippen LogP contribution >= 0.6 is 11.6 Å². The van der Waals surface area contributed by atoms with Gasteiger partial charge in [0.05, 0.1) is 0 Å². The molecule has 0 saturated carbocycles. The van der Waals surface area contributed by atoms with E-state index in [0.29, 0.717) is 18.8 Å². The zero-order valence-electron chi connectivity index (χ0n) is 10.4. The fourth-order valence-corrected chi connectivity index (χ4v) is 1.90. The highest BCUT2D eigenvalue weighted by Gasteiger charge is 2.11. The Kier molecular flexibility index (Phi) is 6.71. The van der Waals surface area contributed by atoms with Crippen molar-refractivity contribution in [3.63, 3.8) is 0 Å². The summed E-state index contributed by atoms with van der Waals surface area (Å²) in [7, 11) is 0. The Morgan fingerprint density at radius 3 is 2.53 bits per heavy atom. The third-order valence-electron chi connectivity index (χ3n) is 2.72. The molecule has 0 bridgehead atoms. The highest BCUT2D eigenvalue weighted by Crippen LogP contribution is 2.08. The lowest BCUT2D eigenvalue weighted by atomic mass is 10.2. The van der Waals surface area contributed by atoms with Crippen molar-refractivity contribution in [2.45, 2.75) is 32.7 Å². The first kappa shape index (κ1) is 14.0. The number of hydrogen-bond acceptors (Lipinski definition) is 1. The van der Waals surface area contributed by atoms with Crippen LogP contribution in [0.5, 0.6) is 0 Å². The van der Waals surface area contributed by atoms with Crippen LogP contribution in [0.15, 0.2) is 30.3 Å². The van der Waals surface area contributed by atoms with Crippen LogP contribution < -0.4 is 0 Å². The second kappa shape index (κ2) is 8.13. The molecule has 3 heteroatoms. The van der Waals surface area contributed by atoms with Gasteiger partial charge in [0, 0.05) is 25.4 Å². The number of amides is 1. The molecule has 0 N–H and O–H groups in total. The van der Waals surface area contributed by atoms with Crippen molar-refractivity contribution < 1.29 is 4.79 Å². The molecule has 0 aliphatic rings. The zero-order valence-corrected chi connectivity index (χ0v) is 11.1. The van der Waals surface area contributed by atoms with Crippen LogP contribution in [-0.4, -0.2) is 23.2 Å². The van der Waals surface area contributed by atoms with E-state index in [4.69, 9.17) is 11.6 Å². The second-order valence-electron chi connectivity index (χ2n) is 4.04. The molecule has 2 nitrogen and oxygen atoms in total. The van der Waals surface area contributed by atoms with E-state index in [1.54, 1.807) is 0 Å². The third kappa shape index (κ3) is 5.22. The molecular weight excluding hydrogens is 234 g/mol. The number of benzene rings is 1. The lowest BCUT2D eigenvalue weighted by Gasteiger charge is -2.21. The third-order valence-corrected chi connectivity index (χ3v) is 2.99. The van der Waals surface area contributed by atoms with Gasteiger partial charge in [-0.2, -0.15) is 0 Å². The van der Waals surface area contributed by atoms with Gasteiger partial charge in [-0.25, -0.2) is 0 Å². The summed E-state index contributed by atoms with van der Waals surface area (Å²) in [5.41, 5.74) is 1.18. The summed E-state index contributed by atoms with van der Waals surface area (Å²) >= 11 is 5.60. The Morgan fingerprint density at radius 1 is 1.24 bits per heavy atom. The van der Waals surface area contributed by atoms with Crippen molar-refractivity contribution in [1.82, 2.24) is 4.90 Å². The van der Waals surface area contributed by atoms with Gasteiger partial charge >= 0.3 is 0 Å². The Bertz CT molecular complexity index is 326. The molecule has 0 aliphatic carbocycles. The molecule has 94 valence electrons. The first-order chi connectivity index (χ1) is 8.27. The normalized spacial score (nSPS) is 10.2. The molecule has 0 atom stereocenters. The number of alkyl halides is 1. The number of carbonyl (C=O) groups excluding carboxylic acids is 1. The topological polar surface area (TPSA) is 20.3 Å². The lowest BCUT2D eigenvalue weighted by molar-refractivity contribution is -0.131. The fourth-order valence-electron chi connectivity index (χ4n) is 1.71. The van der Waals surface area contributed by atoms with Crippen molar-refractivity contribution >= 4 is 17.5 Å². The summed E-state index contributed by atoms with van der Waals surface area (Å²) < 4.78 is 0. The van der Waals surface area contributed by atoms with Gasteiger partial charge in [0.1, 0.15) is 0 Å².